The molecule has 0 unspecified atom stereocenters. The second-order valence-corrected chi connectivity index (χ2v) is 8.39. The summed E-state index contributed by atoms with van der Waals surface area (Å²) in [6.07, 6.45) is 0.0603. The van der Waals surface area contributed by atoms with Crippen LogP contribution in [0.2, 0.25) is 5.02 Å². The lowest BCUT2D eigenvalue weighted by Crippen LogP contribution is -2.17. The zero-order valence-corrected chi connectivity index (χ0v) is 17.4. The second kappa shape index (κ2) is 9.15. The highest BCUT2D eigenvalue weighted by Crippen LogP contribution is 2.27. The molecule has 0 saturated heterocycles. The summed E-state index contributed by atoms with van der Waals surface area (Å²) >= 11 is 6.11. The Bertz CT molecular complexity index is 1170. The first-order valence-electron chi connectivity index (χ1n) is 8.78. The van der Waals surface area contributed by atoms with Crippen molar-refractivity contribution in [3.8, 4) is 5.75 Å². The summed E-state index contributed by atoms with van der Waals surface area (Å²) in [4.78, 5) is 12.2. The summed E-state index contributed by atoms with van der Waals surface area (Å²) in [7, 11) is -2.54. The fraction of sp³-hybridized carbons (Fsp3) is 0.0952. The number of anilines is 2. The largest absolute Gasteiger partial charge is 0.497 e. The molecule has 0 atom stereocenters. The number of hydrogen-bond acceptors (Lipinski definition) is 4. The van der Waals surface area contributed by atoms with Crippen molar-refractivity contribution in [2.45, 2.75) is 11.3 Å². The molecule has 0 aliphatic carbocycles. The van der Waals surface area contributed by atoms with E-state index in [1.165, 1.54) is 36.4 Å². The molecule has 3 aromatic carbocycles. The van der Waals surface area contributed by atoms with Gasteiger partial charge in [-0.1, -0.05) is 35.9 Å². The van der Waals surface area contributed by atoms with Crippen LogP contribution in [0.5, 0.6) is 5.75 Å². The fourth-order valence-corrected chi connectivity index (χ4v) is 3.90. The smallest absolute Gasteiger partial charge is 0.262 e. The van der Waals surface area contributed by atoms with Crippen LogP contribution in [0.25, 0.3) is 0 Å². The van der Waals surface area contributed by atoms with Gasteiger partial charge in [-0.2, -0.15) is 0 Å². The minimum Gasteiger partial charge on any atom is -0.497 e. The topological polar surface area (TPSA) is 84.5 Å². The van der Waals surface area contributed by atoms with Crippen LogP contribution in [0.1, 0.15) is 5.56 Å². The van der Waals surface area contributed by atoms with Gasteiger partial charge in [-0.3, -0.25) is 9.52 Å². The number of carbonyl (C=O) groups is 1. The normalized spacial score (nSPS) is 11.0. The van der Waals surface area contributed by atoms with Crippen LogP contribution >= 0.6 is 11.6 Å². The zero-order valence-electron chi connectivity index (χ0n) is 15.9. The molecule has 9 heteroatoms. The Labute approximate surface area is 178 Å². The average molecular weight is 449 g/mol. The van der Waals surface area contributed by atoms with Gasteiger partial charge in [0, 0.05) is 0 Å². The fourth-order valence-electron chi connectivity index (χ4n) is 2.64. The van der Waals surface area contributed by atoms with Crippen molar-refractivity contribution in [3.05, 3.63) is 83.1 Å². The number of sulfonamides is 1. The van der Waals surface area contributed by atoms with Gasteiger partial charge in [0.2, 0.25) is 5.91 Å². The number of methoxy groups -OCH3 is 1. The van der Waals surface area contributed by atoms with E-state index in [9.17, 15) is 17.6 Å². The van der Waals surface area contributed by atoms with E-state index in [-0.39, 0.29) is 33.6 Å². The van der Waals surface area contributed by atoms with Crippen LogP contribution in [0.15, 0.2) is 71.6 Å². The van der Waals surface area contributed by atoms with Crippen molar-refractivity contribution in [1.82, 2.24) is 0 Å². The summed E-state index contributed by atoms with van der Waals surface area (Å²) in [6.45, 7) is 0. The van der Waals surface area contributed by atoms with E-state index in [0.29, 0.717) is 5.75 Å². The first-order valence-corrected chi connectivity index (χ1v) is 10.6. The third-order valence-electron chi connectivity index (χ3n) is 4.16. The third-order valence-corrected chi connectivity index (χ3v) is 5.86. The Hall–Kier alpha value is -3.10. The Morgan fingerprint density at radius 2 is 1.73 bits per heavy atom. The Kier molecular flexibility index (Phi) is 6.59. The molecule has 0 saturated carbocycles. The molecule has 0 aromatic heterocycles. The van der Waals surface area contributed by atoms with Crippen LogP contribution < -0.4 is 14.8 Å². The number of amides is 1. The maximum absolute atomic E-state index is 13.8. The minimum atomic E-state index is -4.09. The highest BCUT2D eigenvalue weighted by molar-refractivity contribution is 7.92. The molecule has 0 fully saturated rings. The molecule has 0 aliphatic heterocycles. The van der Waals surface area contributed by atoms with Crippen molar-refractivity contribution < 1.29 is 22.3 Å². The molecule has 2 N–H and O–H groups in total. The third kappa shape index (κ3) is 5.28. The monoisotopic (exact) mass is 448 g/mol. The standard InChI is InChI=1S/C21H18ClFN2O4S/c1-29-15-8-6-14(7-9-15)12-21(26)24-20-13-16(10-11-17(20)22)30(27,28)25-19-5-3-2-4-18(19)23/h2-11,13,25H,12H2,1H3,(H,24,26). The molecular formula is C21H18ClFN2O4S. The lowest BCUT2D eigenvalue weighted by molar-refractivity contribution is -0.115. The predicted octanol–water partition coefficient (Wildman–Crippen LogP) is 4.47. The van der Waals surface area contributed by atoms with Crippen molar-refractivity contribution in [2.75, 3.05) is 17.1 Å². The van der Waals surface area contributed by atoms with Crippen molar-refractivity contribution in [3.63, 3.8) is 0 Å². The number of halogens is 2. The average Bonchev–Trinajstić information content (AvgIpc) is 2.71. The van der Waals surface area contributed by atoms with E-state index in [4.69, 9.17) is 16.3 Å². The number of nitrogens with one attached hydrogen (secondary N) is 2. The van der Waals surface area contributed by atoms with Gasteiger partial charge < -0.3 is 10.1 Å². The summed E-state index contributed by atoms with van der Waals surface area (Å²) in [5.74, 6) is -0.413. The van der Waals surface area contributed by atoms with Gasteiger partial charge in [0.1, 0.15) is 11.6 Å². The first kappa shape index (κ1) is 21.6. The highest BCUT2D eigenvalue weighted by Gasteiger charge is 2.18. The number of hydrogen-bond donors (Lipinski definition) is 2. The SMILES string of the molecule is COc1ccc(CC(=O)Nc2cc(S(=O)(=O)Nc3ccccc3F)ccc2Cl)cc1. The molecule has 30 heavy (non-hydrogen) atoms. The quantitative estimate of drug-likeness (QED) is 0.558. The summed E-state index contributed by atoms with van der Waals surface area (Å²) < 4.78 is 46.3. The minimum absolute atomic E-state index is 0.0603. The Balaban J connectivity index is 1.77. The van der Waals surface area contributed by atoms with E-state index in [1.807, 2.05) is 0 Å². The number of para-hydroxylation sites is 1. The van der Waals surface area contributed by atoms with Gasteiger partial charge in [0.25, 0.3) is 10.0 Å². The molecule has 0 spiro atoms. The Morgan fingerprint density at radius 3 is 2.40 bits per heavy atom. The van der Waals surface area contributed by atoms with Gasteiger partial charge in [-0.05, 0) is 48.0 Å². The molecular weight excluding hydrogens is 431 g/mol. The Morgan fingerprint density at radius 1 is 1.03 bits per heavy atom. The van der Waals surface area contributed by atoms with Crippen LogP contribution in [-0.2, 0) is 21.2 Å². The molecule has 6 nitrogen and oxygen atoms in total. The van der Waals surface area contributed by atoms with E-state index >= 15 is 0 Å². The molecule has 3 rings (SSSR count). The lowest BCUT2D eigenvalue weighted by atomic mass is 10.1. The van der Waals surface area contributed by atoms with Gasteiger partial charge in [0.15, 0.2) is 0 Å². The molecule has 156 valence electrons. The number of rotatable bonds is 7. The van der Waals surface area contributed by atoms with Gasteiger partial charge in [-0.25, -0.2) is 12.8 Å². The molecule has 0 radical (unpaired) electrons. The van der Waals surface area contributed by atoms with E-state index in [2.05, 4.69) is 10.0 Å². The van der Waals surface area contributed by atoms with Crippen LogP contribution in [0.3, 0.4) is 0 Å². The van der Waals surface area contributed by atoms with Crippen molar-refractivity contribution in [2.24, 2.45) is 0 Å². The molecule has 3 aromatic rings. The van der Waals surface area contributed by atoms with Crippen LogP contribution in [-0.4, -0.2) is 21.4 Å². The molecule has 0 heterocycles. The van der Waals surface area contributed by atoms with E-state index in [1.54, 1.807) is 31.4 Å². The van der Waals surface area contributed by atoms with Crippen molar-refractivity contribution in [1.29, 1.82) is 0 Å². The molecule has 0 bridgehead atoms. The summed E-state index contributed by atoms with van der Waals surface area (Å²) in [5.41, 5.74) is 0.693. The molecule has 0 aliphatic rings. The maximum Gasteiger partial charge on any atom is 0.262 e. The first-order chi connectivity index (χ1) is 14.3. The predicted molar refractivity (Wildman–Crippen MR) is 114 cm³/mol. The second-order valence-electron chi connectivity index (χ2n) is 6.30. The van der Waals surface area contributed by atoms with Gasteiger partial charge in [-0.15, -0.1) is 0 Å². The van der Waals surface area contributed by atoms with Crippen molar-refractivity contribution >= 4 is 38.9 Å². The van der Waals surface area contributed by atoms with E-state index < -0.39 is 15.8 Å². The summed E-state index contributed by atoms with van der Waals surface area (Å²) in [6, 6.07) is 16.2. The van der Waals surface area contributed by atoms with Gasteiger partial charge in [0.05, 0.1) is 34.8 Å². The number of carbonyl (C=O) groups excluding carboxylic acids is 1. The van der Waals surface area contributed by atoms with Crippen LogP contribution in [0.4, 0.5) is 15.8 Å². The maximum atomic E-state index is 13.8. The van der Waals surface area contributed by atoms with E-state index in [0.717, 1.165) is 11.6 Å². The number of benzene rings is 3. The van der Waals surface area contributed by atoms with Crippen LogP contribution in [0, 0.1) is 5.82 Å². The number of ether oxygens (including phenoxy) is 1. The molecule has 1 amide bonds. The van der Waals surface area contributed by atoms with Gasteiger partial charge >= 0.3 is 0 Å². The summed E-state index contributed by atoms with van der Waals surface area (Å²) in [5, 5.41) is 2.78. The highest BCUT2D eigenvalue weighted by atomic mass is 35.5. The zero-order chi connectivity index (χ0) is 21.7. The lowest BCUT2D eigenvalue weighted by Gasteiger charge is -2.12.